The Labute approximate surface area is 260 Å². The number of aromatic nitrogens is 4. The van der Waals surface area contributed by atoms with Crippen LogP contribution in [-0.2, 0) is 17.0 Å². The molecule has 3 aromatic rings. The molecule has 8 nitrogen and oxygen atoms in total. The first-order chi connectivity index (χ1) is 21.4. The molecule has 1 aliphatic heterocycles. The summed E-state index contributed by atoms with van der Waals surface area (Å²) in [6.45, 7) is 5.44. The lowest BCUT2D eigenvalue weighted by Gasteiger charge is -2.34. The molecule has 1 aliphatic carbocycles. The molecule has 1 saturated carbocycles. The van der Waals surface area contributed by atoms with Crippen molar-refractivity contribution in [2.75, 3.05) is 27.4 Å². The minimum atomic E-state index is -3.01. The Bertz CT molecular complexity index is 1630. The molecule has 3 heterocycles. The Morgan fingerprint density at radius 3 is 2.47 bits per heavy atom. The van der Waals surface area contributed by atoms with Gasteiger partial charge >= 0.3 is 0 Å². The Hall–Kier alpha value is -4.06. The van der Waals surface area contributed by atoms with Crippen molar-refractivity contribution in [2.24, 2.45) is 0 Å². The van der Waals surface area contributed by atoms with Gasteiger partial charge in [0, 0.05) is 49.1 Å². The largest absolute Gasteiger partial charge is 0.480 e. The van der Waals surface area contributed by atoms with Crippen molar-refractivity contribution < 1.29 is 31.8 Å². The van der Waals surface area contributed by atoms with Crippen molar-refractivity contribution in [1.82, 2.24) is 24.8 Å². The van der Waals surface area contributed by atoms with Crippen LogP contribution in [0.3, 0.4) is 0 Å². The van der Waals surface area contributed by atoms with E-state index in [1.54, 1.807) is 19.2 Å². The highest BCUT2D eigenvalue weighted by atomic mass is 19.3. The van der Waals surface area contributed by atoms with Gasteiger partial charge in [-0.25, -0.2) is 32.5 Å². The average molecular weight is 628 g/mol. The molecule has 0 atom stereocenters. The summed E-state index contributed by atoms with van der Waals surface area (Å²) in [7, 11) is 3.11. The van der Waals surface area contributed by atoms with E-state index in [1.807, 2.05) is 13.8 Å². The minimum absolute atomic E-state index is 0.00816. The van der Waals surface area contributed by atoms with Crippen molar-refractivity contribution in [3.63, 3.8) is 0 Å². The Morgan fingerprint density at radius 2 is 1.89 bits per heavy atom. The summed E-state index contributed by atoms with van der Waals surface area (Å²) in [5.41, 5.74) is 1.45. The fourth-order valence-corrected chi connectivity index (χ4v) is 5.10. The molecule has 0 amide bonds. The van der Waals surface area contributed by atoms with E-state index >= 15 is 8.78 Å². The quantitative estimate of drug-likeness (QED) is 0.193. The SMILES string of the molecule is CCC(C)=C(c1ccc(COc2nc(-c3c(OC)ncnc3C3CC3)ncc2C2(F)COC2)cc1F)N(C)/C=C(\C)C(C)(F)F. The van der Waals surface area contributed by atoms with Crippen LogP contribution in [0.5, 0.6) is 11.8 Å². The molecule has 45 heavy (non-hydrogen) atoms. The molecule has 5 rings (SSSR count). The molecule has 0 spiro atoms. The van der Waals surface area contributed by atoms with E-state index in [4.69, 9.17) is 14.2 Å². The number of alkyl halides is 3. The maximum Gasteiger partial charge on any atom is 0.268 e. The lowest BCUT2D eigenvalue weighted by molar-refractivity contribution is -0.136. The number of ether oxygens (including phenoxy) is 3. The van der Waals surface area contributed by atoms with E-state index in [9.17, 15) is 8.78 Å². The summed E-state index contributed by atoms with van der Waals surface area (Å²) >= 11 is 0. The lowest BCUT2D eigenvalue weighted by atomic mass is 9.96. The van der Waals surface area contributed by atoms with Crippen molar-refractivity contribution in [1.29, 1.82) is 0 Å². The number of halogens is 4. The monoisotopic (exact) mass is 627 g/mol. The topological polar surface area (TPSA) is 82.5 Å². The Kier molecular flexibility index (Phi) is 9.16. The van der Waals surface area contributed by atoms with Crippen LogP contribution in [0.2, 0.25) is 0 Å². The van der Waals surface area contributed by atoms with Gasteiger partial charge in [0.15, 0.2) is 11.5 Å². The van der Waals surface area contributed by atoms with Crippen LogP contribution >= 0.6 is 0 Å². The molecule has 0 radical (unpaired) electrons. The molecule has 0 N–H and O–H groups in total. The van der Waals surface area contributed by atoms with Gasteiger partial charge in [0.05, 0.1) is 31.6 Å². The maximum atomic E-state index is 15.7. The van der Waals surface area contributed by atoms with Gasteiger partial charge in [-0.15, -0.1) is 0 Å². The van der Waals surface area contributed by atoms with E-state index in [-0.39, 0.29) is 54.1 Å². The lowest BCUT2D eigenvalue weighted by Crippen LogP contribution is -2.43. The van der Waals surface area contributed by atoms with Crippen LogP contribution < -0.4 is 9.47 Å². The molecule has 12 heteroatoms. The van der Waals surface area contributed by atoms with Gasteiger partial charge in [-0.2, -0.15) is 4.98 Å². The zero-order valence-electron chi connectivity index (χ0n) is 26.3. The van der Waals surface area contributed by atoms with Gasteiger partial charge in [0.1, 0.15) is 24.3 Å². The van der Waals surface area contributed by atoms with E-state index in [0.29, 0.717) is 29.1 Å². The maximum absolute atomic E-state index is 15.7. The summed E-state index contributed by atoms with van der Waals surface area (Å²) in [6, 6.07) is 4.58. The molecule has 0 bridgehead atoms. The van der Waals surface area contributed by atoms with Crippen LogP contribution in [-0.4, -0.2) is 58.1 Å². The number of hydrogen-bond acceptors (Lipinski definition) is 8. The predicted octanol–water partition coefficient (Wildman–Crippen LogP) is 7.36. The van der Waals surface area contributed by atoms with Gasteiger partial charge in [0.25, 0.3) is 5.92 Å². The van der Waals surface area contributed by atoms with E-state index in [1.165, 1.54) is 43.7 Å². The molecule has 2 fully saturated rings. The van der Waals surface area contributed by atoms with Crippen LogP contribution in [0.15, 0.2) is 48.1 Å². The van der Waals surface area contributed by atoms with Crippen molar-refractivity contribution in [2.45, 2.75) is 71.1 Å². The zero-order valence-corrected chi connectivity index (χ0v) is 26.3. The van der Waals surface area contributed by atoms with Gasteiger partial charge in [-0.05, 0) is 56.4 Å². The molecule has 2 aliphatic rings. The van der Waals surface area contributed by atoms with Crippen LogP contribution in [0.25, 0.3) is 17.1 Å². The van der Waals surface area contributed by atoms with Crippen molar-refractivity contribution in [3.05, 3.63) is 76.3 Å². The van der Waals surface area contributed by atoms with E-state index in [0.717, 1.165) is 31.0 Å². The van der Waals surface area contributed by atoms with Crippen LogP contribution in [0, 0.1) is 5.82 Å². The van der Waals surface area contributed by atoms with E-state index in [2.05, 4.69) is 19.9 Å². The first kappa shape index (κ1) is 32.3. The van der Waals surface area contributed by atoms with Crippen LogP contribution in [0.1, 0.15) is 75.3 Å². The number of methoxy groups -OCH3 is 1. The highest BCUT2D eigenvalue weighted by molar-refractivity contribution is 5.69. The van der Waals surface area contributed by atoms with Crippen molar-refractivity contribution >= 4 is 5.70 Å². The highest BCUT2D eigenvalue weighted by Crippen LogP contribution is 2.46. The number of benzene rings is 1. The van der Waals surface area contributed by atoms with Gasteiger partial charge in [0.2, 0.25) is 11.8 Å². The summed E-state index contributed by atoms with van der Waals surface area (Å²) < 4.78 is 75.7. The smallest absolute Gasteiger partial charge is 0.268 e. The molecule has 2 aromatic heterocycles. The highest BCUT2D eigenvalue weighted by Gasteiger charge is 2.44. The Morgan fingerprint density at radius 1 is 1.16 bits per heavy atom. The van der Waals surface area contributed by atoms with Gasteiger partial charge in [-0.3, -0.25) is 0 Å². The standard InChI is InChI=1S/C33H37F4N5O3/c1-7-19(2)28(42(5)14-20(3)32(4,35)36)23-11-8-21(12-25(23)34)15-45-30-24(33(37)16-44-17-33)13-38-29(41-30)26-27(22-9-10-22)39-18-40-31(26)43-6/h8,11-14,18,22H,7,9-10,15-17H2,1-6H3/b20-14+,28-19?. The second-order valence-corrected chi connectivity index (χ2v) is 11.7. The number of allylic oxidation sites excluding steroid dienone is 2. The average Bonchev–Trinajstić information content (AvgIpc) is 3.84. The van der Waals surface area contributed by atoms with Gasteiger partial charge < -0.3 is 19.1 Å². The molecular weight excluding hydrogens is 590 g/mol. The second kappa shape index (κ2) is 12.7. The minimum Gasteiger partial charge on any atom is -0.480 e. The molecule has 240 valence electrons. The number of rotatable bonds is 12. The third-order valence-electron chi connectivity index (χ3n) is 8.15. The van der Waals surface area contributed by atoms with Crippen LogP contribution in [0.4, 0.5) is 17.6 Å². The third kappa shape index (κ3) is 6.80. The zero-order chi connectivity index (χ0) is 32.5. The molecule has 0 unspecified atom stereocenters. The first-order valence-electron chi connectivity index (χ1n) is 14.8. The summed E-state index contributed by atoms with van der Waals surface area (Å²) in [6.07, 6.45) is 6.64. The fourth-order valence-electron chi connectivity index (χ4n) is 5.10. The summed E-state index contributed by atoms with van der Waals surface area (Å²) in [4.78, 5) is 19.2. The van der Waals surface area contributed by atoms with Gasteiger partial charge in [-0.1, -0.05) is 13.0 Å². The molecule has 1 saturated heterocycles. The third-order valence-corrected chi connectivity index (χ3v) is 8.15. The molecular formula is C33H37F4N5O3. The summed E-state index contributed by atoms with van der Waals surface area (Å²) in [5.74, 6) is -2.82. The first-order valence-corrected chi connectivity index (χ1v) is 14.8. The fraction of sp³-hybridized carbons (Fsp3) is 0.455. The summed E-state index contributed by atoms with van der Waals surface area (Å²) in [5, 5.41) is 0. The number of hydrogen-bond donors (Lipinski definition) is 0. The normalized spacial score (nSPS) is 17.0. The Balaban J connectivity index is 1.46. The molecule has 1 aromatic carbocycles. The predicted molar refractivity (Wildman–Crippen MR) is 161 cm³/mol. The number of nitrogens with zero attached hydrogens (tertiary/aromatic N) is 5. The van der Waals surface area contributed by atoms with E-state index < -0.39 is 17.4 Å². The second-order valence-electron chi connectivity index (χ2n) is 11.7. The van der Waals surface area contributed by atoms with Crippen molar-refractivity contribution in [3.8, 4) is 23.1 Å².